The van der Waals surface area contributed by atoms with Crippen molar-refractivity contribution in [2.24, 2.45) is 0 Å². The highest BCUT2D eigenvalue weighted by atomic mass is 19.4. The number of halogens is 23. The molecule has 0 radical (unpaired) electrons. The molecule has 25 heteroatoms. The van der Waals surface area contributed by atoms with Gasteiger partial charge in [-0.15, -0.1) is 0 Å². The van der Waals surface area contributed by atoms with Gasteiger partial charge in [0.2, 0.25) is 0 Å². The predicted octanol–water partition coefficient (Wildman–Crippen LogP) is 7.98. The number of carbonyl (C=O) groups excluding carboxylic acids is 1. The van der Waals surface area contributed by atoms with Crippen molar-refractivity contribution in [1.29, 1.82) is 0 Å². The summed E-state index contributed by atoms with van der Waals surface area (Å²) in [6.45, 7) is 0.674. The Morgan fingerprint density at radius 3 is 0.875 bits per heavy atom. The summed E-state index contributed by atoms with van der Waals surface area (Å²) in [4.78, 5) is 10.7. The highest BCUT2D eigenvalue weighted by Crippen LogP contribution is 2.67. The van der Waals surface area contributed by atoms with Gasteiger partial charge in [-0.2, -0.15) is 101 Å². The van der Waals surface area contributed by atoms with Crippen LogP contribution < -0.4 is 0 Å². The Bertz CT molecular complexity index is 971. The molecule has 0 N–H and O–H groups in total. The molecule has 0 fully saturated rings. The summed E-state index contributed by atoms with van der Waals surface area (Å²) in [5, 5.41) is 0. The molecule has 0 bridgehead atoms. The molecular weight excluding hydrogens is 649 g/mol. The molecule has 0 aliphatic rings. The van der Waals surface area contributed by atoms with E-state index >= 15 is 0 Å². The molecule has 0 aromatic heterocycles. The topological polar surface area (TPSA) is 26.3 Å². The largest absolute Gasteiger partial charge is 0.473 e. The third-order valence-electron chi connectivity index (χ3n) is 4.41. The average molecular weight is 654 g/mol. The van der Waals surface area contributed by atoms with Crippen LogP contribution in [0.1, 0.15) is 6.92 Å². The van der Waals surface area contributed by atoms with Gasteiger partial charge in [-0.05, 0) is 6.92 Å². The summed E-state index contributed by atoms with van der Waals surface area (Å²) in [5.74, 6) is -84.7. The maximum Gasteiger partial charge on any atom is 0.473 e. The summed E-state index contributed by atoms with van der Waals surface area (Å²) in [7, 11) is 0. The number of alkyl halides is 23. The van der Waals surface area contributed by atoms with Crippen LogP contribution >= 0.6 is 0 Å². The molecule has 0 atom stereocenters. The van der Waals surface area contributed by atoms with Crippen molar-refractivity contribution < 1.29 is 111 Å². The lowest BCUT2D eigenvalue weighted by Crippen LogP contribution is -2.77. The van der Waals surface area contributed by atoms with Gasteiger partial charge in [0.25, 0.3) is 0 Å². The Hall–Kier alpha value is -2.40. The minimum Gasteiger partial charge on any atom is -0.393 e. The zero-order valence-electron chi connectivity index (χ0n) is 17.7. The lowest BCUT2D eigenvalue weighted by atomic mass is 9.86. The SMILES string of the molecule is CC=CC(=O)OC(F)(F)C(F)(F)C(F)(F)C(F)(F)C(F)(F)C(F)(F)C(F)(F)C(F)(F)C(F)(F)C(F)(F)C(F)(F)F. The van der Waals surface area contributed by atoms with Gasteiger partial charge in [0.15, 0.2) is 0 Å². The van der Waals surface area contributed by atoms with Crippen LogP contribution in [0.25, 0.3) is 0 Å². The van der Waals surface area contributed by atoms with Gasteiger partial charge in [0.1, 0.15) is 0 Å². The first-order chi connectivity index (χ1) is 17.0. The van der Waals surface area contributed by atoms with Gasteiger partial charge in [0.05, 0.1) is 0 Å². The smallest absolute Gasteiger partial charge is 0.393 e. The van der Waals surface area contributed by atoms with E-state index in [1.165, 1.54) is 0 Å². The zero-order valence-corrected chi connectivity index (χ0v) is 17.7. The number of rotatable bonds is 11. The third-order valence-corrected chi connectivity index (χ3v) is 4.41. The number of hydrogen-bond acceptors (Lipinski definition) is 2. The number of esters is 1. The summed E-state index contributed by atoms with van der Waals surface area (Å²) in [6.07, 6.45) is -15.7. The molecule has 0 spiro atoms. The summed E-state index contributed by atoms with van der Waals surface area (Å²) < 4.78 is 305. The molecule has 0 aliphatic heterocycles. The zero-order chi connectivity index (χ0) is 33.2. The van der Waals surface area contributed by atoms with E-state index < -0.39 is 71.6 Å². The lowest BCUT2D eigenvalue weighted by Gasteiger charge is -2.44. The van der Waals surface area contributed by atoms with Crippen molar-refractivity contribution in [3.05, 3.63) is 12.2 Å². The van der Waals surface area contributed by atoms with Gasteiger partial charge in [-0.1, -0.05) is 6.08 Å². The van der Waals surface area contributed by atoms with E-state index in [1.54, 1.807) is 0 Å². The van der Waals surface area contributed by atoms with Crippen LogP contribution in [-0.2, 0) is 9.53 Å². The van der Waals surface area contributed by atoms with Gasteiger partial charge < -0.3 is 4.74 Å². The molecule has 0 aromatic carbocycles. The van der Waals surface area contributed by atoms with E-state index in [1.807, 2.05) is 0 Å². The monoisotopic (exact) mass is 654 g/mol. The molecule has 238 valence electrons. The first-order valence-corrected chi connectivity index (χ1v) is 8.66. The Kier molecular flexibility index (Phi) is 9.00. The van der Waals surface area contributed by atoms with Crippen LogP contribution in [0, 0.1) is 0 Å². The molecule has 0 saturated carbocycles. The van der Waals surface area contributed by atoms with E-state index in [9.17, 15) is 106 Å². The minimum absolute atomic E-state index is 0.276. The highest BCUT2D eigenvalue weighted by Gasteiger charge is 2.99. The van der Waals surface area contributed by atoms with E-state index in [0.29, 0.717) is 6.92 Å². The fraction of sp³-hybridized carbons (Fsp3) is 0.800. The number of ether oxygens (including phenoxy) is 1. The molecule has 0 unspecified atom stereocenters. The second kappa shape index (κ2) is 9.58. The van der Waals surface area contributed by atoms with Gasteiger partial charge in [-0.25, -0.2) is 4.79 Å². The third kappa shape index (κ3) is 4.66. The van der Waals surface area contributed by atoms with Crippen molar-refractivity contribution in [2.45, 2.75) is 72.5 Å². The van der Waals surface area contributed by atoms with Gasteiger partial charge in [0, 0.05) is 6.08 Å². The van der Waals surface area contributed by atoms with Crippen LogP contribution in [0.5, 0.6) is 0 Å². The van der Waals surface area contributed by atoms with Gasteiger partial charge >= 0.3 is 71.6 Å². The predicted molar refractivity (Wildman–Crippen MR) is 76.4 cm³/mol. The Morgan fingerprint density at radius 2 is 0.650 bits per heavy atom. The minimum atomic E-state index is -9.48. The van der Waals surface area contributed by atoms with Crippen LogP contribution in [0.3, 0.4) is 0 Å². The summed E-state index contributed by atoms with van der Waals surface area (Å²) in [6, 6.07) is 0. The molecule has 0 amide bonds. The van der Waals surface area contributed by atoms with E-state index in [0.717, 1.165) is 0 Å². The Balaban J connectivity index is 7.17. The molecular formula is C15H5F23O2. The second-order valence-electron chi connectivity index (χ2n) is 7.11. The maximum absolute atomic E-state index is 13.6. The van der Waals surface area contributed by atoms with Crippen molar-refractivity contribution in [3.63, 3.8) is 0 Å². The normalized spacial score (nSPS) is 16.5. The number of allylic oxidation sites excluding steroid dienone is 1. The molecule has 0 aromatic rings. The fourth-order valence-corrected chi connectivity index (χ4v) is 2.10. The van der Waals surface area contributed by atoms with E-state index in [4.69, 9.17) is 0 Å². The van der Waals surface area contributed by atoms with Crippen molar-refractivity contribution in [3.8, 4) is 0 Å². The molecule has 40 heavy (non-hydrogen) atoms. The standard InChI is InChI=1S/C15H5F23O2/c1-2-3-4(39)40-15(37,38)13(32,33)11(28,29)9(24,25)7(20,21)5(16,17)6(18,19)8(22,23)10(26,27)12(30,31)14(34,35)36/h2-3H,1H3. The summed E-state index contributed by atoms with van der Waals surface area (Å²) >= 11 is 0. The van der Waals surface area contributed by atoms with Crippen molar-refractivity contribution >= 4 is 5.97 Å². The van der Waals surface area contributed by atoms with Crippen LogP contribution in [-0.4, -0.2) is 71.6 Å². The number of carbonyl (C=O) groups is 1. The van der Waals surface area contributed by atoms with Crippen molar-refractivity contribution in [1.82, 2.24) is 0 Å². The first-order valence-electron chi connectivity index (χ1n) is 8.66. The van der Waals surface area contributed by atoms with E-state index in [-0.39, 0.29) is 12.2 Å². The molecule has 0 aliphatic carbocycles. The highest BCUT2D eigenvalue weighted by molar-refractivity contribution is 5.82. The van der Waals surface area contributed by atoms with Crippen molar-refractivity contribution in [2.75, 3.05) is 0 Å². The van der Waals surface area contributed by atoms with Crippen LogP contribution in [0.15, 0.2) is 12.2 Å². The average Bonchev–Trinajstić information content (AvgIpc) is 2.71. The van der Waals surface area contributed by atoms with E-state index in [2.05, 4.69) is 4.74 Å². The Labute approximate surface area is 202 Å². The van der Waals surface area contributed by atoms with Gasteiger partial charge in [-0.3, -0.25) is 0 Å². The Morgan fingerprint density at radius 1 is 0.425 bits per heavy atom. The molecule has 0 rings (SSSR count). The summed E-state index contributed by atoms with van der Waals surface area (Å²) in [5.41, 5.74) is 0. The molecule has 0 saturated heterocycles. The first kappa shape index (κ1) is 37.6. The molecule has 2 nitrogen and oxygen atoms in total. The maximum atomic E-state index is 13.6. The quantitative estimate of drug-likeness (QED) is 0.128. The van der Waals surface area contributed by atoms with Crippen LogP contribution in [0.4, 0.5) is 101 Å². The lowest BCUT2D eigenvalue weighted by molar-refractivity contribution is -0.484. The fourth-order valence-electron chi connectivity index (χ4n) is 2.10. The van der Waals surface area contributed by atoms with Crippen LogP contribution in [0.2, 0.25) is 0 Å². The number of hydrogen-bond donors (Lipinski definition) is 0. The molecule has 0 heterocycles. The second-order valence-corrected chi connectivity index (χ2v) is 7.11.